The number of thiocarbonyl (C=S) groups is 1. The van der Waals surface area contributed by atoms with Crippen molar-refractivity contribution < 1.29 is 4.79 Å². The van der Waals surface area contributed by atoms with Crippen molar-refractivity contribution in [2.24, 2.45) is 0 Å². The number of hydrogen-bond donors (Lipinski definition) is 3. The first-order valence-corrected chi connectivity index (χ1v) is 9.78. The van der Waals surface area contributed by atoms with Gasteiger partial charge in [-0.1, -0.05) is 64.1 Å². The lowest BCUT2D eigenvalue weighted by atomic mass is 10.3. The average molecular weight is 478 g/mol. The molecule has 0 radical (unpaired) electrons. The van der Waals surface area contributed by atoms with Crippen molar-refractivity contribution in [3.63, 3.8) is 0 Å². The maximum Gasteiger partial charge on any atom is 0.263 e. The summed E-state index contributed by atoms with van der Waals surface area (Å²) in [5.41, 5.74) is 0.472. The predicted octanol–water partition coefficient (Wildman–Crippen LogP) is 5.47. The van der Waals surface area contributed by atoms with Gasteiger partial charge in [0.15, 0.2) is 5.11 Å². The first-order chi connectivity index (χ1) is 11.7. The summed E-state index contributed by atoms with van der Waals surface area (Å²) < 4.78 is -1.85. The quantitative estimate of drug-likeness (QED) is 0.311. The van der Waals surface area contributed by atoms with Crippen LogP contribution in [0.2, 0.25) is 10.0 Å². The Kier molecular flexibility index (Phi) is 7.46. The van der Waals surface area contributed by atoms with Gasteiger partial charge in [-0.2, -0.15) is 0 Å². The summed E-state index contributed by atoms with van der Waals surface area (Å²) >= 11 is 36.2. The number of hydrogen-bond acceptors (Lipinski definition) is 3. The molecule has 1 unspecified atom stereocenters. The number of carbonyl (C=O) groups excluding carboxylic acids is 1. The molecule has 0 aliphatic rings. The van der Waals surface area contributed by atoms with Crippen molar-refractivity contribution in [2.75, 3.05) is 5.32 Å². The third-order valence-corrected chi connectivity index (χ3v) is 5.11. The minimum atomic E-state index is -1.85. The number of alkyl halides is 3. The van der Waals surface area contributed by atoms with E-state index in [1.165, 1.54) is 11.3 Å². The van der Waals surface area contributed by atoms with E-state index < -0.39 is 15.9 Å². The molecule has 1 aromatic carbocycles. The van der Waals surface area contributed by atoms with Gasteiger partial charge < -0.3 is 16.0 Å². The van der Waals surface area contributed by atoms with Crippen LogP contribution in [-0.2, 0) is 0 Å². The van der Waals surface area contributed by atoms with Crippen LogP contribution in [0.5, 0.6) is 0 Å². The van der Waals surface area contributed by atoms with E-state index in [2.05, 4.69) is 16.0 Å². The Hall–Kier alpha value is -0.470. The van der Waals surface area contributed by atoms with Crippen LogP contribution in [0.4, 0.5) is 5.69 Å². The highest BCUT2D eigenvalue weighted by molar-refractivity contribution is 7.80. The van der Waals surface area contributed by atoms with E-state index in [0.717, 1.165) is 0 Å². The number of carbonyl (C=O) groups is 1. The molecule has 0 saturated heterocycles. The first kappa shape index (κ1) is 20.8. The summed E-state index contributed by atoms with van der Waals surface area (Å²) in [7, 11) is 0. The zero-order chi connectivity index (χ0) is 18.6. The zero-order valence-electron chi connectivity index (χ0n) is 12.2. The van der Waals surface area contributed by atoms with E-state index in [1.807, 2.05) is 0 Å². The molecule has 11 heteroatoms. The van der Waals surface area contributed by atoms with E-state index >= 15 is 0 Å². The van der Waals surface area contributed by atoms with Crippen molar-refractivity contribution in [2.45, 2.75) is 9.96 Å². The van der Waals surface area contributed by atoms with Gasteiger partial charge in [0.1, 0.15) is 6.17 Å². The Labute approximate surface area is 178 Å². The molecule has 2 aromatic rings. The predicted molar refractivity (Wildman–Crippen MR) is 112 cm³/mol. The summed E-state index contributed by atoms with van der Waals surface area (Å²) in [6.45, 7) is 0. The molecule has 134 valence electrons. The standard InChI is InChI=1S/C14H10Cl5N3OS2/c15-7-3-4-8(16)9(6-7)20-13(24)22-12(14(17,18)19)21-11(23)10-2-1-5-25-10/h1-6,12H,(H,21,23)(H2,20,22,24). The highest BCUT2D eigenvalue weighted by atomic mass is 35.6. The molecule has 1 atom stereocenters. The van der Waals surface area contributed by atoms with Crippen LogP contribution in [0.3, 0.4) is 0 Å². The topological polar surface area (TPSA) is 53.2 Å². The Morgan fingerprint density at radius 2 is 1.88 bits per heavy atom. The fourth-order valence-corrected chi connectivity index (χ4v) is 3.21. The van der Waals surface area contributed by atoms with Crippen LogP contribution in [0.1, 0.15) is 9.67 Å². The number of halogens is 5. The largest absolute Gasteiger partial charge is 0.339 e. The molecule has 1 amide bonds. The van der Waals surface area contributed by atoms with Crippen LogP contribution >= 0.6 is 81.6 Å². The number of benzene rings is 1. The molecule has 0 fully saturated rings. The van der Waals surface area contributed by atoms with Crippen LogP contribution in [-0.4, -0.2) is 21.0 Å². The summed E-state index contributed by atoms with van der Waals surface area (Å²) in [4.78, 5) is 12.7. The molecule has 0 spiro atoms. The van der Waals surface area contributed by atoms with Crippen LogP contribution in [0, 0.1) is 0 Å². The van der Waals surface area contributed by atoms with Crippen LogP contribution in [0.15, 0.2) is 35.7 Å². The Bertz CT molecular complexity index is 764. The minimum absolute atomic E-state index is 0.0898. The van der Waals surface area contributed by atoms with Crippen molar-refractivity contribution in [3.8, 4) is 0 Å². The second-order valence-electron chi connectivity index (χ2n) is 4.65. The van der Waals surface area contributed by atoms with E-state index in [0.29, 0.717) is 20.6 Å². The monoisotopic (exact) mass is 475 g/mol. The molecule has 3 N–H and O–H groups in total. The number of thiophene rings is 1. The summed E-state index contributed by atoms with van der Waals surface area (Å²) in [5.74, 6) is -0.401. The molecule has 0 saturated carbocycles. The molecule has 2 rings (SSSR count). The lowest BCUT2D eigenvalue weighted by Crippen LogP contribution is -2.56. The number of amides is 1. The van der Waals surface area contributed by atoms with Crippen molar-refractivity contribution in [1.29, 1.82) is 0 Å². The Balaban J connectivity index is 2.07. The van der Waals surface area contributed by atoms with Gasteiger partial charge in [0.05, 0.1) is 15.6 Å². The van der Waals surface area contributed by atoms with Gasteiger partial charge in [-0.05, 0) is 41.9 Å². The third kappa shape index (κ3) is 6.32. The third-order valence-electron chi connectivity index (χ3n) is 2.80. The number of rotatable bonds is 4. The van der Waals surface area contributed by atoms with E-state index in [9.17, 15) is 4.79 Å². The molecule has 0 aliphatic heterocycles. The second-order valence-corrected chi connectivity index (χ2v) is 9.22. The SMILES string of the molecule is O=C(NC(NC(=S)Nc1cc(Cl)ccc1Cl)C(Cl)(Cl)Cl)c1cccs1. The van der Waals surface area contributed by atoms with Crippen molar-refractivity contribution in [1.82, 2.24) is 10.6 Å². The molecule has 25 heavy (non-hydrogen) atoms. The summed E-state index contributed by atoms with van der Waals surface area (Å²) in [5, 5.41) is 10.9. The summed E-state index contributed by atoms with van der Waals surface area (Å²) in [6.07, 6.45) is -1.08. The van der Waals surface area contributed by atoms with Gasteiger partial charge in [0.25, 0.3) is 5.91 Å². The Morgan fingerprint density at radius 3 is 2.48 bits per heavy atom. The normalized spacial score (nSPS) is 12.4. The smallest absolute Gasteiger partial charge is 0.263 e. The number of nitrogens with one attached hydrogen (secondary N) is 3. The van der Waals surface area contributed by atoms with Gasteiger partial charge in [-0.25, -0.2) is 0 Å². The van der Waals surface area contributed by atoms with Gasteiger partial charge in [-0.3, -0.25) is 4.79 Å². The number of anilines is 1. The van der Waals surface area contributed by atoms with Crippen LogP contribution in [0.25, 0.3) is 0 Å². The molecule has 0 aliphatic carbocycles. The fourth-order valence-electron chi connectivity index (χ4n) is 1.69. The summed E-state index contributed by atoms with van der Waals surface area (Å²) in [6, 6.07) is 8.23. The van der Waals surface area contributed by atoms with E-state index in [4.69, 9.17) is 70.2 Å². The van der Waals surface area contributed by atoms with Gasteiger partial charge in [-0.15, -0.1) is 11.3 Å². The zero-order valence-corrected chi connectivity index (χ0v) is 17.6. The first-order valence-electron chi connectivity index (χ1n) is 6.60. The minimum Gasteiger partial charge on any atom is -0.339 e. The van der Waals surface area contributed by atoms with Crippen molar-refractivity contribution >= 4 is 98.3 Å². The molecule has 1 heterocycles. The lowest BCUT2D eigenvalue weighted by Gasteiger charge is -2.27. The average Bonchev–Trinajstić information content (AvgIpc) is 3.03. The van der Waals surface area contributed by atoms with E-state index in [1.54, 1.807) is 35.7 Å². The lowest BCUT2D eigenvalue weighted by molar-refractivity contribution is 0.0938. The second kappa shape index (κ2) is 8.95. The van der Waals surface area contributed by atoms with Crippen molar-refractivity contribution in [3.05, 3.63) is 50.6 Å². The molecule has 0 bridgehead atoms. The Morgan fingerprint density at radius 1 is 1.16 bits per heavy atom. The highest BCUT2D eigenvalue weighted by Gasteiger charge is 2.35. The van der Waals surface area contributed by atoms with Crippen LogP contribution < -0.4 is 16.0 Å². The maximum atomic E-state index is 12.2. The van der Waals surface area contributed by atoms with Gasteiger partial charge in [0.2, 0.25) is 3.79 Å². The van der Waals surface area contributed by atoms with Gasteiger partial charge in [0, 0.05) is 5.02 Å². The molecule has 1 aromatic heterocycles. The molecular weight excluding hydrogens is 468 g/mol. The van der Waals surface area contributed by atoms with Gasteiger partial charge >= 0.3 is 0 Å². The molecular formula is C14H10Cl5N3OS2. The maximum absolute atomic E-state index is 12.2. The fraction of sp³-hybridized carbons (Fsp3) is 0.143. The molecule has 4 nitrogen and oxygen atoms in total. The highest BCUT2D eigenvalue weighted by Crippen LogP contribution is 2.30. The van der Waals surface area contributed by atoms with E-state index in [-0.39, 0.29) is 5.11 Å².